The number of hydrogen-bond acceptors (Lipinski definition) is 3. The third-order valence-electron chi connectivity index (χ3n) is 4.26. The number of rotatable bonds is 3. The van der Waals surface area contributed by atoms with Gasteiger partial charge in [-0.25, -0.2) is 13.5 Å². The summed E-state index contributed by atoms with van der Waals surface area (Å²) in [5.74, 6) is -2.20. The molecule has 4 rings (SSSR count). The highest BCUT2D eigenvalue weighted by Gasteiger charge is 2.27. The van der Waals surface area contributed by atoms with Crippen LogP contribution in [0.15, 0.2) is 30.6 Å². The molecule has 0 aliphatic heterocycles. The predicted molar refractivity (Wildman–Crippen MR) is 86.7 cm³/mol. The minimum Gasteiger partial charge on any atom is -0.318 e. The first kappa shape index (κ1) is 15.5. The van der Waals surface area contributed by atoms with Crippen LogP contribution in [0.5, 0.6) is 0 Å². The van der Waals surface area contributed by atoms with Crippen LogP contribution in [0.25, 0.3) is 5.69 Å². The molecule has 1 amide bonds. The van der Waals surface area contributed by atoms with Crippen LogP contribution in [0.4, 0.5) is 14.5 Å². The number of carbonyl (C=O) groups excluding carboxylic acids is 1. The van der Waals surface area contributed by atoms with E-state index >= 15 is 0 Å². The van der Waals surface area contributed by atoms with Crippen LogP contribution in [0.1, 0.15) is 28.2 Å². The Bertz CT molecular complexity index is 976. The number of fused-ring (bicyclic) bond motifs is 1. The van der Waals surface area contributed by atoms with Crippen molar-refractivity contribution < 1.29 is 13.6 Å². The molecule has 0 spiro atoms. The molecule has 0 atom stereocenters. The number of amides is 1. The van der Waals surface area contributed by atoms with Gasteiger partial charge < -0.3 is 5.32 Å². The lowest BCUT2D eigenvalue weighted by Crippen LogP contribution is -2.14. The van der Waals surface area contributed by atoms with Gasteiger partial charge in [0, 0.05) is 30.6 Å². The molecule has 1 aliphatic rings. The second-order valence-corrected chi connectivity index (χ2v) is 5.99. The number of aryl methyl sites for hydroxylation is 1. The Kier molecular flexibility index (Phi) is 3.60. The van der Waals surface area contributed by atoms with Gasteiger partial charge in [-0.15, -0.1) is 0 Å². The van der Waals surface area contributed by atoms with Gasteiger partial charge in [-0.2, -0.15) is 10.2 Å². The Hall–Kier alpha value is -3.03. The molecule has 0 bridgehead atoms. The lowest BCUT2D eigenvalue weighted by Gasteiger charge is -2.06. The van der Waals surface area contributed by atoms with Gasteiger partial charge in [-0.05, 0) is 31.4 Å². The van der Waals surface area contributed by atoms with E-state index in [1.54, 1.807) is 24.1 Å². The number of hydrogen-bond donors (Lipinski definition) is 1. The molecule has 0 saturated heterocycles. The first-order valence-electron chi connectivity index (χ1n) is 7.89. The van der Waals surface area contributed by atoms with Crippen LogP contribution in [-0.2, 0) is 19.9 Å². The van der Waals surface area contributed by atoms with Crippen molar-refractivity contribution in [1.82, 2.24) is 19.6 Å². The summed E-state index contributed by atoms with van der Waals surface area (Å²) in [5.41, 5.74) is 2.99. The van der Waals surface area contributed by atoms with Crippen LogP contribution in [0.3, 0.4) is 0 Å². The van der Waals surface area contributed by atoms with Gasteiger partial charge in [0.25, 0.3) is 5.91 Å². The largest absolute Gasteiger partial charge is 0.318 e. The van der Waals surface area contributed by atoms with E-state index in [1.165, 1.54) is 10.7 Å². The summed E-state index contributed by atoms with van der Waals surface area (Å²) in [6.07, 6.45) is 5.59. The van der Waals surface area contributed by atoms with E-state index in [2.05, 4.69) is 15.5 Å². The fraction of sp³-hybridized carbons (Fsp3) is 0.235. The van der Waals surface area contributed by atoms with Crippen molar-refractivity contribution >= 4 is 11.6 Å². The van der Waals surface area contributed by atoms with Gasteiger partial charge in [-0.3, -0.25) is 9.48 Å². The van der Waals surface area contributed by atoms with Gasteiger partial charge >= 0.3 is 0 Å². The molecule has 1 aromatic carbocycles. The molecule has 8 heteroatoms. The third kappa shape index (κ3) is 2.69. The van der Waals surface area contributed by atoms with Crippen molar-refractivity contribution in [3.05, 3.63) is 59.2 Å². The lowest BCUT2D eigenvalue weighted by molar-refractivity contribution is 0.102. The molecule has 1 N–H and O–H groups in total. The summed E-state index contributed by atoms with van der Waals surface area (Å²) in [5, 5.41) is 11.1. The van der Waals surface area contributed by atoms with E-state index in [-0.39, 0.29) is 5.91 Å². The van der Waals surface area contributed by atoms with Crippen LogP contribution in [-0.4, -0.2) is 25.5 Å². The number of aromatic nitrogens is 4. The Balaban J connectivity index is 1.72. The Morgan fingerprint density at radius 3 is 2.80 bits per heavy atom. The fourth-order valence-electron chi connectivity index (χ4n) is 3.13. The maximum atomic E-state index is 13.6. The summed E-state index contributed by atoms with van der Waals surface area (Å²) in [6, 6.07) is 3.60. The Morgan fingerprint density at radius 2 is 2.08 bits per heavy atom. The van der Waals surface area contributed by atoms with E-state index in [9.17, 15) is 13.6 Å². The molecule has 3 aromatic rings. The molecule has 2 aromatic heterocycles. The third-order valence-corrected chi connectivity index (χ3v) is 4.26. The molecule has 128 valence electrons. The first-order valence-corrected chi connectivity index (χ1v) is 7.89. The number of benzene rings is 1. The van der Waals surface area contributed by atoms with Crippen LogP contribution >= 0.6 is 0 Å². The molecule has 6 nitrogen and oxygen atoms in total. The molecule has 0 unspecified atom stereocenters. The highest BCUT2D eigenvalue weighted by Crippen LogP contribution is 2.28. The van der Waals surface area contributed by atoms with Crippen molar-refractivity contribution in [2.45, 2.75) is 19.3 Å². The molecular formula is C17H15F2N5O. The molecule has 0 saturated carbocycles. The Morgan fingerprint density at radius 1 is 1.24 bits per heavy atom. The zero-order valence-electron chi connectivity index (χ0n) is 13.5. The van der Waals surface area contributed by atoms with Gasteiger partial charge in [0.05, 0.1) is 17.6 Å². The van der Waals surface area contributed by atoms with Crippen molar-refractivity contribution in [2.24, 2.45) is 7.05 Å². The summed E-state index contributed by atoms with van der Waals surface area (Å²) in [7, 11) is 1.76. The zero-order valence-corrected chi connectivity index (χ0v) is 13.5. The lowest BCUT2D eigenvalue weighted by atomic mass is 10.2. The average molecular weight is 343 g/mol. The quantitative estimate of drug-likeness (QED) is 0.795. The summed E-state index contributed by atoms with van der Waals surface area (Å²) in [6.45, 7) is 0. The van der Waals surface area contributed by atoms with Gasteiger partial charge in [-0.1, -0.05) is 0 Å². The maximum Gasteiger partial charge on any atom is 0.276 e. The topological polar surface area (TPSA) is 64.7 Å². The number of halogens is 2. The van der Waals surface area contributed by atoms with Crippen molar-refractivity contribution in [2.75, 3.05) is 5.32 Å². The summed E-state index contributed by atoms with van der Waals surface area (Å²) in [4.78, 5) is 12.6. The van der Waals surface area contributed by atoms with E-state index in [1.807, 2.05) is 0 Å². The molecule has 25 heavy (non-hydrogen) atoms. The van der Waals surface area contributed by atoms with Crippen LogP contribution in [0.2, 0.25) is 0 Å². The van der Waals surface area contributed by atoms with E-state index in [4.69, 9.17) is 0 Å². The minimum atomic E-state index is -0.943. The molecule has 2 heterocycles. The fourth-order valence-corrected chi connectivity index (χ4v) is 3.13. The maximum absolute atomic E-state index is 13.6. The molecule has 0 radical (unpaired) electrons. The van der Waals surface area contributed by atoms with E-state index in [0.29, 0.717) is 17.1 Å². The van der Waals surface area contributed by atoms with Crippen LogP contribution < -0.4 is 5.32 Å². The van der Waals surface area contributed by atoms with Crippen molar-refractivity contribution in [3.63, 3.8) is 0 Å². The highest BCUT2D eigenvalue weighted by atomic mass is 19.2. The minimum absolute atomic E-state index is 0.307. The zero-order chi connectivity index (χ0) is 17.6. The Labute approximate surface area is 142 Å². The monoisotopic (exact) mass is 343 g/mol. The van der Waals surface area contributed by atoms with Gasteiger partial charge in [0.2, 0.25) is 0 Å². The number of anilines is 1. The second-order valence-electron chi connectivity index (χ2n) is 5.99. The van der Waals surface area contributed by atoms with E-state index < -0.39 is 11.6 Å². The molecular weight excluding hydrogens is 328 g/mol. The van der Waals surface area contributed by atoms with Crippen molar-refractivity contribution in [1.29, 1.82) is 0 Å². The number of nitrogens with one attached hydrogen (secondary N) is 1. The van der Waals surface area contributed by atoms with Crippen molar-refractivity contribution in [3.8, 4) is 5.69 Å². The standard InChI is InChI=1S/C17H15F2N5O/c1-23-9-10(8-20-23)21-17(25)16-12-3-2-4-15(12)24(22-16)11-5-6-13(18)14(19)7-11/h5-9H,2-4H2,1H3,(H,21,25). The van der Waals surface area contributed by atoms with Gasteiger partial charge in [0.1, 0.15) is 0 Å². The predicted octanol–water partition coefficient (Wildman–Crippen LogP) is 2.63. The smallest absolute Gasteiger partial charge is 0.276 e. The summed E-state index contributed by atoms with van der Waals surface area (Å²) >= 11 is 0. The molecule has 1 aliphatic carbocycles. The van der Waals surface area contributed by atoms with Gasteiger partial charge in [0.15, 0.2) is 17.3 Å². The van der Waals surface area contributed by atoms with Crippen LogP contribution in [0, 0.1) is 11.6 Å². The number of nitrogens with zero attached hydrogens (tertiary/aromatic N) is 4. The van der Waals surface area contributed by atoms with E-state index in [0.717, 1.165) is 42.7 Å². The number of carbonyl (C=O) groups is 1. The normalized spacial score (nSPS) is 13.1. The second kappa shape index (κ2) is 5.80. The average Bonchev–Trinajstić information content (AvgIpc) is 3.26. The highest BCUT2D eigenvalue weighted by molar-refractivity contribution is 6.04. The molecule has 0 fully saturated rings. The SMILES string of the molecule is Cn1cc(NC(=O)c2nn(-c3ccc(F)c(F)c3)c3c2CCC3)cn1. The first-order chi connectivity index (χ1) is 12.0. The summed E-state index contributed by atoms with van der Waals surface area (Å²) < 4.78 is 29.9.